The quantitative estimate of drug-likeness (QED) is 0.460. The Bertz CT molecular complexity index is 1020. The molecule has 1 unspecified atom stereocenters. The van der Waals surface area contributed by atoms with Crippen LogP contribution in [0.5, 0.6) is 0 Å². The molecule has 3 aromatic rings. The molecular formula is C26H22O4. The molecule has 4 nitrogen and oxygen atoms in total. The van der Waals surface area contributed by atoms with E-state index in [1.54, 1.807) is 0 Å². The van der Waals surface area contributed by atoms with E-state index in [0.717, 1.165) is 16.7 Å². The number of carbonyl (C=O) groups is 2. The van der Waals surface area contributed by atoms with Crippen LogP contribution in [0.15, 0.2) is 102 Å². The third-order valence-electron chi connectivity index (χ3n) is 5.35. The van der Waals surface area contributed by atoms with E-state index in [9.17, 15) is 14.7 Å². The Morgan fingerprint density at radius 2 is 1.33 bits per heavy atom. The summed E-state index contributed by atoms with van der Waals surface area (Å²) in [6.45, 7) is 0. The van der Waals surface area contributed by atoms with Crippen molar-refractivity contribution in [3.05, 3.63) is 119 Å². The molecule has 1 N–H and O–H groups in total. The summed E-state index contributed by atoms with van der Waals surface area (Å²) in [5.41, 5.74) is 2.64. The second-order valence-electron chi connectivity index (χ2n) is 7.35. The maximum Gasteiger partial charge on any atom is 0.346 e. The molecule has 4 rings (SSSR count). The summed E-state index contributed by atoms with van der Waals surface area (Å²) in [7, 11) is 0. The molecule has 0 fully saturated rings. The molecule has 0 amide bonds. The number of hydrogen-bond donors (Lipinski definition) is 1. The second-order valence-corrected chi connectivity index (χ2v) is 7.35. The first-order valence-corrected chi connectivity index (χ1v) is 9.94. The van der Waals surface area contributed by atoms with Crippen LogP contribution in [0, 0.1) is 0 Å². The lowest BCUT2D eigenvalue weighted by molar-refractivity contribution is -0.141. The number of benzene rings is 3. The number of rotatable bonds is 7. The van der Waals surface area contributed by atoms with Crippen molar-refractivity contribution in [1.29, 1.82) is 0 Å². The largest absolute Gasteiger partial charge is 0.507 e. The van der Waals surface area contributed by atoms with Crippen LogP contribution in [-0.4, -0.2) is 23.0 Å². The van der Waals surface area contributed by atoms with Crippen molar-refractivity contribution < 1.29 is 19.4 Å². The van der Waals surface area contributed by atoms with Gasteiger partial charge in [-0.05, 0) is 16.7 Å². The highest BCUT2D eigenvalue weighted by atomic mass is 16.6. The van der Waals surface area contributed by atoms with Crippen molar-refractivity contribution >= 4 is 11.8 Å². The summed E-state index contributed by atoms with van der Waals surface area (Å²) in [6, 6.07) is 28.8. The minimum Gasteiger partial charge on any atom is -0.507 e. The smallest absolute Gasteiger partial charge is 0.346 e. The van der Waals surface area contributed by atoms with Gasteiger partial charge in [0.2, 0.25) is 0 Å². The van der Waals surface area contributed by atoms with Gasteiger partial charge in [0.1, 0.15) is 5.57 Å². The van der Waals surface area contributed by atoms with E-state index in [2.05, 4.69) is 0 Å². The fraction of sp³-hybridized carbons (Fsp3) is 0.154. The molecule has 3 aromatic carbocycles. The van der Waals surface area contributed by atoms with E-state index in [1.165, 1.54) is 0 Å². The van der Waals surface area contributed by atoms with Crippen molar-refractivity contribution in [2.75, 3.05) is 0 Å². The standard InChI is InChI=1S/C26H22O4/c27-22(17-21(19-12-6-2-7-13-19)20-14-8-3-9-15-20)24-25(28)23(30-26(24)29)16-18-10-4-1-5-11-18/h1-15,21,23,28H,16-17H2. The average molecular weight is 398 g/mol. The number of Topliss-reactive ketones (excluding diaryl/α,β-unsaturated/α-hetero) is 1. The number of hydrogen-bond acceptors (Lipinski definition) is 4. The highest BCUT2D eigenvalue weighted by Crippen LogP contribution is 2.32. The summed E-state index contributed by atoms with van der Waals surface area (Å²) >= 11 is 0. The van der Waals surface area contributed by atoms with E-state index < -0.39 is 17.9 Å². The summed E-state index contributed by atoms with van der Waals surface area (Å²) in [4.78, 5) is 25.5. The molecule has 0 aliphatic carbocycles. The predicted molar refractivity (Wildman–Crippen MR) is 114 cm³/mol. The van der Waals surface area contributed by atoms with Crippen LogP contribution in [0.3, 0.4) is 0 Å². The van der Waals surface area contributed by atoms with Crippen LogP contribution in [0.2, 0.25) is 0 Å². The fourth-order valence-electron chi connectivity index (χ4n) is 3.82. The van der Waals surface area contributed by atoms with Crippen LogP contribution < -0.4 is 0 Å². The minimum absolute atomic E-state index is 0.0700. The molecule has 4 heteroatoms. The molecule has 0 radical (unpaired) electrons. The highest BCUT2D eigenvalue weighted by molar-refractivity contribution is 6.19. The van der Waals surface area contributed by atoms with Crippen LogP contribution in [-0.2, 0) is 20.7 Å². The lowest BCUT2D eigenvalue weighted by Crippen LogP contribution is -2.15. The van der Waals surface area contributed by atoms with Crippen molar-refractivity contribution in [2.45, 2.75) is 24.9 Å². The van der Waals surface area contributed by atoms with Crippen LogP contribution >= 0.6 is 0 Å². The molecule has 0 saturated heterocycles. The Labute approximate surface area is 175 Å². The van der Waals surface area contributed by atoms with Gasteiger partial charge in [-0.2, -0.15) is 0 Å². The summed E-state index contributed by atoms with van der Waals surface area (Å²) in [5, 5.41) is 10.6. The highest BCUT2D eigenvalue weighted by Gasteiger charge is 2.39. The van der Waals surface area contributed by atoms with Crippen LogP contribution in [0.25, 0.3) is 0 Å². The number of ketones is 1. The Hall–Kier alpha value is -3.66. The van der Waals surface area contributed by atoms with Gasteiger partial charge >= 0.3 is 5.97 Å². The molecule has 0 spiro atoms. The zero-order valence-corrected chi connectivity index (χ0v) is 16.4. The molecule has 0 saturated carbocycles. The zero-order valence-electron chi connectivity index (χ0n) is 16.4. The van der Waals surface area contributed by atoms with Crippen LogP contribution in [0.1, 0.15) is 29.0 Å². The second kappa shape index (κ2) is 8.78. The van der Waals surface area contributed by atoms with E-state index in [1.807, 2.05) is 91.0 Å². The number of aliphatic hydroxyl groups excluding tert-OH is 1. The predicted octanol–water partition coefficient (Wildman–Crippen LogP) is 4.76. The average Bonchev–Trinajstić information content (AvgIpc) is 3.06. The topological polar surface area (TPSA) is 63.6 Å². The van der Waals surface area contributed by atoms with Crippen molar-refractivity contribution in [1.82, 2.24) is 0 Å². The first-order valence-electron chi connectivity index (χ1n) is 9.94. The lowest BCUT2D eigenvalue weighted by Gasteiger charge is -2.17. The first-order chi connectivity index (χ1) is 14.6. The van der Waals surface area contributed by atoms with Gasteiger partial charge in [-0.3, -0.25) is 4.79 Å². The van der Waals surface area contributed by atoms with Crippen molar-refractivity contribution in [2.24, 2.45) is 0 Å². The Kier molecular flexibility index (Phi) is 5.75. The van der Waals surface area contributed by atoms with E-state index in [0.29, 0.717) is 6.42 Å². The number of carbonyl (C=O) groups excluding carboxylic acids is 2. The SMILES string of the molecule is O=C(CC(c1ccccc1)c1ccccc1)C1=C(O)C(Cc2ccccc2)OC1=O. The number of aliphatic hydroxyl groups is 1. The van der Waals surface area contributed by atoms with Crippen molar-refractivity contribution in [3.8, 4) is 0 Å². The normalized spacial score (nSPS) is 16.0. The van der Waals surface area contributed by atoms with Crippen molar-refractivity contribution in [3.63, 3.8) is 0 Å². The fourth-order valence-corrected chi connectivity index (χ4v) is 3.82. The Balaban J connectivity index is 1.59. The number of cyclic esters (lactones) is 1. The van der Waals surface area contributed by atoms with Gasteiger partial charge in [0, 0.05) is 18.8 Å². The monoisotopic (exact) mass is 398 g/mol. The van der Waals surface area contributed by atoms with Gasteiger partial charge in [-0.15, -0.1) is 0 Å². The molecule has 150 valence electrons. The molecule has 1 heterocycles. The summed E-state index contributed by atoms with van der Waals surface area (Å²) in [6.07, 6.45) is -0.429. The molecule has 1 atom stereocenters. The molecule has 1 aliphatic rings. The van der Waals surface area contributed by atoms with Gasteiger partial charge in [0.25, 0.3) is 0 Å². The van der Waals surface area contributed by atoms with Gasteiger partial charge in [-0.1, -0.05) is 91.0 Å². The number of esters is 1. The first kappa shape index (κ1) is 19.6. The van der Waals surface area contributed by atoms with E-state index in [4.69, 9.17) is 4.74 Å². The Morgan fingerprint density at radius 3 is 1.87 bits per heavy atom. The third-order valence-corrected chi connectivity index (χ3v) is 5.35. The molecule has 0 aromatic heterocycles. The molecule has 1 aliphatic heterocycles. The van der Waals surface area contributed by atoms with Crippen LogP contribution in [0.4, 0.5) is 0 Å². The van der Waals surface area contributed by atoms with Gasteiger partial charge in [-0.25, -0.2) is 4.79 Å². The third kappa shape index (κ3) is 4.18. The zero-order chi connectivity index (χ0) is 20.9. The van der Waals surface area contributed by atoms with E-state index in [-0.39, 0.29) is 23.7 Å². The maximum absolute atomic E-state index is 13.1. The number of ether oxygens (including phenoxy) is 1. The molecule has 0 bridgehead atoms. The molecule has 30 heavy (non-hydrogen) atoms. The summed E-state index contributed by atoms with van der Waals surface area (Å²) < 4.78 is 5.32. The maximum atomic E-state index is 13.1. The van der Waals surface area contributed by atoms with E-state index >= 15 is 0 Å². The Morgan fingerprint density at radius 1 is 0.833 bits per heavy atom. The van der Waals surface area contributed by atoms with Gasteiger partial charge in [0.05, 0.1) is 0 Å². The minimum atomic E-state index is -0.828. The van der Waals surface area contributed by atoms with Gasteiger partial charge in [0.15, 0.2) is 17.6 Å². The summed E-state index contributed by atoms with van der Waals surface area (Å²) in [5.74, 6) is -1.65. The van der Waals surface area contributed by atoms with Gasteiger partial charge < -0.3 is 9.84 Å². The molecular weight excluding hydrogens is 376 g/mol. The lowest BCUT2D eigenvalue weighted by atomic mass is 9.85.